The van der Waals surface area contributed by atoms with E-state index in [9.17, 15) is 8.78 Å². The molecular weight excluding hydrogens is 212 g/mol. The largest absolute Gasteiger partial charge is 0.490 e. The lowest BCUT2D eigenvalue weighted by molar-refractivity contribution is 0.211. The van der Waals surface area contributed by atoms with Crippen molar-refractivity contribution in [3.05, 3.63) is 29.8 Å². The summed E-state index contributed by atoms with van der Waals surface area (Å²) in [5.74, 6) is -0.668. The van der Waals surface area contributed by atoms with E-state index in [1.54, 1.807) is 0 Å². The Labute approximate surface area is 93.6 Å². The zero-order chi connectivity index (χ0) is 11.4. The average Bonchev–Trinajstić information content (AvgIpc) is 2.29. The molecule has 1 aromatic rings. The third-order valence-corrected chi connectivity index (χ3v) is 2.77. The van der Waals surface area contributed by atoms with Crippen molar-refractivity contribution in [3.8, 4) is 5.75 Å². The molecule has 1 aromatic carbocycles. The van der Waals surface area contributed by atoms with Crippen molar-refractivity contribution in [1.29, 1.82) is 0 Å². The maximum atomic E-state index is 13.2. The van der Waals surface area contributed by atoms with Crippen molar-refractivity contribution in [2.45, 2.75) is 12.8 Å². The van der Waals surface area contributed by atoms with Crippen LogP contribution in [0.5, 0.6) is 5.75 Å². The smallest absolute Gasteiger partial charge is 0.167 e. The molecule has 0 aromatic heterocycles. The molecule has 0 amide bonds. The van der Waals surface area contributed by atoms with Crippen LogP contribution in [0.1, 0.15) is 12.8 Å². The van der Waals surface area contributed by atoms with Crippen LogP contribution in [0.4, 0.5) is 8.78 Å². The van der Waals surface area contributed by atoms with Crippen molar-refractivity contribution >= 4 is 0 Å². The highest BCUT2D eigenvalue weighted by molar-refractivity contribution is 5.24. The molecule has 0 bridgehead atoms. The van der Waals surface area contributed by atoms with E-state index in [2.05, 4.69) is 5.32 Å². The van der Waals surface area contributed by atoms with Gasteiger partial charge in [0.25, 0.3) is 0 Å². The first kappa shape index (κ1) is 11.3. The van der Waals surface area contributed by atoms with Gasteiger partial charge in [-0.15, -0.1) is 0 Å². The molecule has 0 spiro atoms. The van der Waals surface area contributed by atoms with E-state index in [0.29, 0.717) is 12.5 Å². The van der Waals surface area contributed by atoms with Gasteiger partial charge in [-0.25, -0.2) is 8.78 Å². The predicted molar refractivity (Wildman–Crippen MR) is 57.4 cm³/mol. The molecule has 0 aliphatic carbocycles. The summed E-state index contributed by atoms with van der Waals surface area (Å²) in [5, 5.41) is 3.26. The highest BCUT2D eigenvalue weighted by Crippen LogP contribution is 2.19. The maximum absolute atomic E-state index is 13.2. The van der Waals surface area contributed by atoms with Gasteiger partial charge in [-0.05, 0) is 31.5 Å². The summed E-state index contributed by atoms with van der Waals surface area (Å²) in [4.78, 5) is 0. The number of hydrogen-bond acceptors (Lipinski definition) is 2. The fourth-order valence-corrected chi connectivity index (χ4v) is 1.87. The van der Waals surface area contributed by atoms with Crippen molar-refractivity contribution in [1.82, 2.24) is 5.32 Å². The zero-order valence-electron chi connectivity index (χ0n) is 9.01. The molecule has 1 aliphatic rings. The monoisotopic (exact) mass is 227 g/mol. The fraction of sp³-hybridized carbons (Fsp3) is 0.500. The molecule has 16 heavy (non-hydrogen) atoms. The highest BCUT2D eigenvalue weighted by Gasteiger charge is 2.14. The Morgan fingerprint density at radius 2 is 2.25 bits per heavy atom. The first-order valence-electron chi connectivity index (χ1n) is 5.54. The Morgan fingerprint density at radius 1 is 1.38 bits per heavy atom. The van der Waals surface area contributed by atoms with Crippen LogP contribution in [0.15, 0.2) is 18.2 Å². The minimum atomic E-state index is -0.635. The summed E-state index contributed by atoms with van der Waals surface area (Å²) < 4.78 is 31.2. The van der Waals surface area contributed by atoms with Crippen LogP contribution in [0.3, 0.4) is 0 Å². The predicted octanol–water partition coefficient (Wildman–Crippen LogP) is 2.34. The fourth-order valence-electron chi connectivity index (χ4n) is 1.87. The second-order valence-corrected chi connectivity index (χ2v) is 4.10. The van der Waals surface area contributed by atoms with E-state index < -0.39 is 11.6 Å². The maximum Gasteiger partial charge on any atom is 0.167 e. The van der Waals surface area contributed by atoms with Gasteiger partial charge in [-0.3, -0.25) is 0 Å². The summed E-state index contributed by atoms with van der Waals surface area (Å²) in [6, 6.07) is 3.38. The number of ether oxygens (including phenoxy) is 1. The van der Waals surface area contributed by atoms with Crippen molar-refractivity contribution in [2.75, 3.05) is 19.7 Å². The number of benzene rings is 1. The Bertz CT molecular complexity index is 351. The summed E-state index contributed by atoms with van der Waals surface area (Å²) >= 11 is 0. The normalized spacial score (nSPS) is 20.8. The Hall–Kier alpha value is -1.16. The number of piperidine rings is 1. The number of rotatable bonds is 3. The molecule has 1 atom stereocenters. The number of halogens is 2. The second-order valence-electron chi connectivity index (χ2n) is 4.10. The molecule has 1 fully saturated rings. The first-order chi connectivity index (χ1) is 7.75. The standard InChI is InChI=1S/C12H15F2NO/c13-10-3-4-12(11(14)6-10)16-8-9-2-1-5-15-7-9/h3-4,6,9,15H,1-2,5,7-8H2. The first-order valence-corrected chi connectivity index (χ1v) is 5.54. The highest BCUT2D eigenvalue weighted by atomic mass is 19.1. The van der Waals surface area contributed by atoms with Gasteiger partial charge >= 0.3 is 0 Å². The molecule has 2 rings (SSSR count). The molecule has 4 heteroatoms. The van der Waals surface area contributed by atoms with Crippen molar-refractivity contribution in [2.24, 2.45) is 5.92 Å². The lowest BCUT2D eigenvalue weighted by Crippen LogP contribution is -2.33. The van der Waals surface area contributed by atoms with Crippen LogP contribution in [0.25, 0.3) is 0 Å². The molecule has 1 N–H and O–H groups in total. The van der Waals surface area contributed by atoms with E-state index in [4.69, 9.17) is 4.74 Å². The van der Waals surface area contributed by atoms with Gasteiger partial charge < -0.3 is 10.1 Å². The summed E-state index contributed by atoms with van der Waals surface area (Å²) in [6.07, 6.45) is 2.22. The van der Waals surface area contributed by atoms with Crippen LogP contribution in [-0.2, 0) is 0 Å². The Morgan fingerprint density at radius 3 is 2.94 bits per heavy atom. The van der Waals surface area contributed by atoms with Gasteiger partial charge in [0.15, 0.2) is 11.6 Å². The van der Waals surface area contributed by atoms with Crippen LogP contribution in [0.2, 0.25) is 0 Å². The Kier molecular flexibility index (Phi) is 3.72. The quantitative estimate of drug-likeness (QED) is 0.855. The van der Waals surface area contributed by atoms with Crippen LogP contribution in [-0.4, -0.2) is 19.7 Å². The van der Waals surface area contributed by atoms with Crippen LogP contribution >= 0.6 is 0 Å². The molecule has 2 nitrogen and oxygen atoms in total. The average molecular weight is 227 g/mol. The van der Waals surface area contributed by atoms with Crippen molar-refractivity contribution in [3.63, 3.8) is 0 Å². The SMILES string of the molecule is Fc1ccc(OCC2CCCNC2)c(F)c1. The third kappa shape index (κ3) is 2.92. The molecule has 1 saturated heterocycles. The van der Waals surface area contributed by atoms with Gasteiger partial charge in [-0.1, -0.05) is 0 Å². The molecule has 88 valence electrons. The van der Waals surface area contributed by atoms with E-state index in [0.717, 1.165) is 32.0 Å². The minimum absolute atomic E-state index is 0.131. The number of nitrogens with one attached hydrogen (secondary N) is 1. The van der Waals surface area contributed by atoms with Gasteiger partial charge in [-0.2, -0.15) is 0 Å². The lowest BCUT2D eigenvalue weighted by atomic mass is 10.0. The van der Waals surface area contributed by atoms with E-state index >= 15 is 0 Å². The van der Waals surface area contributed by atoms with Crippen LogP contribution < -0.4 is 10.1 Å². The molecular formula is C12H15F2NO. The number of hydrogen-bond donors (Lipinski definition) is 1. The third-order valence-electron chi connectivity index (χ3n) is 2.77. The lowest BCUT2D eigenvalue weighted by Gasteiger charge is -2.22. The summed E-state index contributed by atoms with van der Waals surface area (Å²) in [5.41, 5.74) is 0. The zero-order valence-corrected chi connectivity index (χ0v) is 9.01. The molecule has 0 saturated carbocycles. The summed E-state index contributed by atoms with van der Waals surface area (Å²) in [6.45, 7) is 2.43. The second kappa shape index (κ2) is 5.25. The van der Waals surface area contributed by atoms with Gasteiger partial charge in [0.1, 0.15) is 5.82 Å². The van der Waals surface area contributed by atoms with E-state index in [1.807, 2.05) is 0 Å². The van der Waals surface area contributed by atoms with Gasteiger partial charge in [0.05, 0.1) is 6.61 Å². The van der Waals surface area contributed by atoms with Crippen LogP contribution in [0, 0.1) is 17.6 Å². The molecule has 1 aliphatic heterocycles. The molecule has 1 heterocycles. The minimum Gasteiger partial charge on any atom is -0.490 e. The summed E-state index contributed by atoms with van der Waals surface area (Å²) in [7, 11) is 0. The molecule has 0 radical (unpaired) electrons. The van der Waals surface area contributed by atoms with E-state index in [1.165, 1.54) is 12.1 Å². The van der Waals surface area contributed by atoms with Gasteiger partial charge in [0, 0.05) is 18.5 Å². The van der Waals surface area contributed by atoms with Crippen molar-refractivity contribution < 1.29 is 13.5 Å². The molecule has 1 unspecified atom stereocenters. The topological polar surface area (TPSA) is 21.3 Å². The Balaban J connectivity index is 1.88. The van der Waals surface area contributed by atoms with Gasteiger partial charge in [0.2, 0.25) is 0 Å². The van der Waals surface area contributed by atoms with E-state index in [-0.39, 0.29) is 5.75 Å².